The molecule has 30 heavy (non-hydrogen) atoms. The molecule has 158 valence electrons. The third kappa shape index (κ3) is 5.62. The van der Waals surface area contributed by atoms with Crippen molar-refractivity contribution in [3.05, 3.63) is 62.0 Å². The number of amides is 1. The molecule has 0 spiro atoms. The normalized spacial score (nSPS) is 12.4. The molecule has 1 heterocycles. The van der Waals surface area contributed by atoms with Gasteiger partial charge in [0.05, 0.1) is 11.1 Å². The van der Waals surface area contributed by atoms with Gasteiger partial charge < -0.3 is 14.8 Å². The number of hydrogen-bond acceptors (Lipinski definition) is 6. The quantitative estimate of drug-likeness (QED) is 0.468. The molecule has 0 aliphatic rings. The van der Waals surface area contributed by atoms with Gasteiger partial charge in [-0.25, -0.2) is 0 Å². The van der Waals surface area contributed by atoms with Crippen molar-refractivity contribution < 1.29 is 23.0 Å². The number of benzene rings is 1. The Bertz CT molecular complexity index is 1130. The van der Waals surface area contributed by atoms with Gasteiger partial charge in [-0.1, -0.05) is 24.3 Å². The molecular formula is C20H19F2N3O4S. The van der Waals surface area contributed by atoms with Crippen LogP contribution >= 0.6 is 11.3 Å². The monoisotopic (exact) mass is 435 g/mol. The first-order chi connectivity index (χ1) is 14.4. The first kappa shape index (κ1) is 23.0. The van der Waals surface area contributed by atoms with Crippen LogP contribution in [-0.4, -0.2) is 37.3 Å². The fourth-order valence-corrected chi connectivity index (χ4v) is 3.60. The summed E-state index contributed by atoms with van der Waals surface area (Å²) < 4.78 is 36.2. The summed E-state index contributed by atoms with van der Waals surface area (Å²) in [4.78, 5) is 25.2. The Morgan fingerprint density at radius 3 is 2.80 bits per heavy atom. The van der Waals surface area contributed by atoms with E-state index in [1.165, 1.54) is 42.0 Å². The highest BCUT2D eigenvalue weighted by atomic mass is 32.1. The molecule has 0 radical (unpaired) electrons. The summed E-state index contributed by atoms with van der Waals surface area (Å²) in [6.07, 6.45) is 2.83. The van der Waals surface area contributed by atoms with E-state index in [1.54, 1.807) is 6.07 Å². The van der Waals surface area contributed by atoms with E-state index in [1.807, 2.05) is 6.07 Å². The van der Waals surface area contributed by atoms with Crippen LogP contribution < -0.4 is 24.8 Å². The van der Waals surface area contributed by atoms with E-state index in [0.717, 1.165) is 11.3 Å². The Morgan fingerprint density at radius 2 is 2.17 bits per heavy atom. The van der Waals surface area contributed by atoms with Crippen molar-refractivity contribution in [2.24, 2.45) is 0 Å². The minimum Gasteiger partial charge on any atom is -0.434 e. The zero-order valence-corrected chi connectivity index (χ0v) is 16.9. The number of alkyl halides is 2. The molecule has 1 amide bonds. The lowest BCUT2D eigenvalue weighted by Gasteiger charge is -2.06. The Labute approximate surface area is 174 Å². The fraction of sp³-hybridized carbons (Fsp3) is 0.250. The third-order valence-corrected chi connectivity index (χ3v) is 4.92. The minimum atomic E-state index is -3.02. The fourth-order valence-electron chi connectivity index (χ4n) is 2.50. The average molecular weight is 435 g/mol. The summed E-state index contributed by atoms with van der Waals surface area (Å²) in [5, 5.41) is 12.0. The Balaban J connectivity index is 2.68. The summed E-state index contributed by atoms with van der Waals surface area (Å²) in [6, 6.07) is 7.83. The van der Waals surface area contributed by atoms with Gasteiger partial charge in [0.25, 0.3) is 11.5 Å². The molecule has 1 aromatic heterocycles. The second kappa shape index (κ2) is 11.0. The van der Waals surface area contributed by atoms with Gasteiger partial charge in [-0.2, -0.15) is 14.0 Å². The van der Waals surface area contributed by atoms with E-state index >= 15 is 0 Å². The van der Waals surface area contributed by atoms with E-state index in [4.69, 9.17) is 4.74 Å². The van der Waals surface area contributed by atoms with Crippen molar-refractivity contribution >= 4 is 28.9 Å². The number of ether oxygens (including phenoxy) is 2. The van der Waals surface area contributed by atoms with E-state index in [9.17, 15) is 23.6 Å². The lowest BCUT2D eigenvalue weighted by atomic mass is 10.2. The van der Waals surface area contributed by atoms with Crippen LogP contribution in [0.25, 0.3) is 11.6 Å². The number of hydrogen-bond donors (Lipinski definition) is 1. The van der Waals surface area contributed by atoms with Gasteiger partial charge in [0.15, 0.2) is 5.57 Å². The van der Waals surface area contributed by atoms with E-state index in [0.29, 0.717) is 0 Å². The SMILES string of the molecule is C=CCn1c(=O)/c(=C/c2ccccc2OC(F)F)s/c1=C(/C#N)C(=O)NCCOC. The number of thiazole rings is 1. The van der Waals surface area contributed by atoms with Crippen LogP contribution in [0.1, 0.15) is 5.56 Å². The summed E-state index contributed by atoms with van der Waals surface area (Å²) >= 11 is 0.901. The number of nitrogens with zero attached hydrogens (tertiary/aromatic N) is 2. The zero-order chi connectivity index (χ0) is 22.1. The number of halogens is 2. The Kier molecular flexibility index (Phi) is 8.46. The van der Waals surface area contributed by atoms with Gasteiger partial charge in [0.1, 0.15) is 16.5 Å². The van der Waals surface area contributed by atoms with E-state index < -0.39 is 18.1 Å². The molecule has 7 nitrogen and oxygen atoms in total. The van der Waals surface area contributed by atoms with Gasteiger partial charge in [0, 0.05) is 25.8 Å². The predicted octanol–water partition coefficient (Wildman–Crippen LogP) is 0.963. The molecule has 1 aromatic carbocycles. The first-order valence-electron chi connectivity index (χ1n) is 8.70. The van der Waals surface area contributed by atoms with Gasteiger partial charge in [-0.05, 0) is 12.1 Å². The second-order valence-electron chi connectivity index (χ2n) is 5.77. The molecule has 0 bridgehead atoms. The molecule has 0 saturated carbocycles. The maximum absolute atomic E-state index is 12.9. The van der Waals surface area contributed by atoms with Crippen molar-refractivity contribution in [1.29, 1.82) is 5.26 Å². The molecule has 0 fully saturated rings. The lowest BCUT2D eigenvalue weighted by molar-refractivity contribution is -0.115. The van der Waals surface area contributed by atoms with Crippen LogP contribution in [-0.2, 0) is 16.1 Å². The average Bonchev–Trinajstić information content (AvgIpc) is 3.00. The molecule has 0 aliphatic heterocycles. The lowest BCUT2D eigenvalue weighted by Crippen LogP contribution is -2.35. The molecule has 0 aliphatic carbocycles. The smallest absolute Gasteiger partial charge is 0.387 e. The predicted molar refractivity (Wildman–Crippen MR) is 109 cm³/mol. The van der Waals surface area contributed by atoms with Crippen molar-refractivity contribution in [2.45, 2.75) is 13.2 Å². The summed E-state index contributed by atoms with van der Waals surface area (Å²) in [7, 11) is 1.47. The van der Waals surface area contributed by atoms with E-state index in [2.05, 4.69) is 16.6 Å². The van der Waals surface area contributed by atoms with Crippen LogP contribution in [0.3, 0.4) is 0 Å². The van der Waals surface area contributed by atoms with Crippen LogP contribution in [0.2, 0.25) is 0 Å². The number of nitriles is 1. The molecule has 2 rings (SSSR count). The minimum absolute atomic E-state index is 0.0597. The molecule has 0 saturated heterocycles. The Morgan fingerprint density at radius 1 is 1.43 bits per heavy atom. The number of nitrogens with one attached hydrogen (secondary N) is 1. The topological polar surface area (TPSA) is 93.4 Å². The van der Waals surface area contributed by atoms with Crippen molar-refractivity contribution in [2.75, 3.05) is 20.3 Å². The van der Waals surface area contributed by atoms with Crippen LogP contribution in [0.4, 0.5) is 8.78 Å². The number of carbonyl (C=O) groups excluding carboxylic acids is 1. The first-order valence-corrected chi connectivity index (χ1v) is 9.52. The maximum Gasteiger partial charge on any atom is 0.387 e. The summed E-state index contributed by atoms with van der Waals surface area (Å²) in [5.41, 5.74) is -0.470. The molecule has 10 heteroatoms. The number of carbonyl (C=O) groups is 1. The maximum atomic E-state index is 12.9. The third-order valence-electron chi connectivity index (χ3n) is 3.79. The van der Waals surface area contributed by atoms with Gasteiger partial charge >= 0.3 is 6.61 Å². The van der Waals surface area contributed by atoms with Gasteiger partial charge in [0.2, 0.25) is 0 Å². The van der Waals surface area contributed by atoms with Crippen LogP contribution in [0.15, 0.2) is 41.7 Å². The van der Waals surface area contributed by atoms with Gasteiger partial charge in [-0.15, -0.1) is 17.9 Å². The largest absolute Gasteiger partial charge is 0.434 e. The second-order valence-corrected chi connectivity index (χ2v) is 6.80. The molecule has 2 aromatic rings. The highest BCUT2D eigenvalue weighted by molar-refractivity contribution is 7.07. The standard InChI is InChI=1S/C20H19F2N3O4S/c1-3-9-25-18(27)16(11-13-6-4-5-7-15(13)29-20(21)22)30-19(25)14(12-23)17(26)24-8-10-28-2/h3-7,11,20H,1,8-10H2,2H3,(H,24,26)/b16-11-,19-14-. The van der Waals surface area contributed by atoms with Crippen LogP contribution in [0, 0.1) is 11.3 Å². The van der Waals surface area contributed by atoms with Crippen molar-refractivity contribution in [1.82, 2.24) is 9.88 Å². The van der Waals surface area contributed by atoms with Crippen molar-refractivity contribution in [3.8, 4) is 11.8 Å². The number of para-hydroxylation sites is 1. The number of aromatic nitrogens is 1. The molecule has 1 N–H and O–H groups in total. The van der Waals surface area contributed by atoms with Crippen molar-refractivity contribution in [3.63, 3.8) is 0 Å². The highest BCUT2D eigenvalue weighted by Gasteiger charge is 2.15. The zero-order valence-electron chi connectivity index (χ0n) is 16.1. The summed E-state index contributed by atoms with van der Waals surface area (Å²) in [5.74, 6) is -0.750. The van der Waals surface area contributed by atoms with Gasteiger partial charge in [-0.3, -0.25) is 14.2 Å². The number of allylic oxidation sites excluding steroid dienone is 1. The summed E-state index contributed by atoms with van der Waals surface area (Å²) in [6.45, 7) is 1.08. The molecular weight excluding hydrogens is 416 g/mol. The Hall–Kier alpha value is -3.29. The number of rotatable bonds is 9. The molecule has 0 unspecified atom stereocenters. The highest BCUT2D eigenvalue weighted by Crippen LogP contribution is 2.20. The van der Waals surface area contributed by atoms with Crippen LogP contribution in [0.5, 0.6) is 5.75 Å². The number of methoxy groups -OCH3 is 1. The van der Waals surface area contributed by atoms with E-state index in [-0.39, 0.29) is 45.8 Å². The molecule has 0 atom stereocenters.